The van der Waals surface area contributed by atoms with Crippen LogP contribution < -0.4 is 21.7 Å². The van der Waals surface area contributed by atoms with Crippen molar-refractivity contribution in [1.29, 1.82) is 0 Å². The first-order valence-electron chi connectivity index (χ1n) is 10.7. The molecule has 196 valence electrons. The molecule has 0 aliphatic carbocycles. The van der Waals surface area contributed by atoms with Crippen LogP contribution in [0, 0.1) is 0 Å². The maximum absolute atomic E-state index is 13.0. The van der Waals surface area contributed by atoms with Crippen LogP contribution in [-0.2, 0) is 36.8 Å². The second-order valence-electron chi connectivity index (χ2n) is 7.95. The second-order valence-corrected chi connectivity index (χ2v) is 7.95. The fraction of sp³-hybridized carbons (Fsp3) is 0.450. The third-order valence-electron chi connectivity index (χ3n) is 5.00. The van der Waals surface area contributed by atoms with Crippen LogP contribution in [0.15, 0.2) is 25.0 Å². The van der Waals surface area contributed by atoms with Crippen LogP contribution in [0.5, 0.6) is 0 Å². The molecule has 5 unspecified atom stereocenters. The number of carbonyl (C=O) groups is 5. The Bertz CT molecular complexity index is 1040. The highest BCUT2D eigenvalue weighted by atomic mass is 16.4. The van der Waals surface area contributed by atoms with Crippen LogP contribution in [0.1, 0.15) is 24.7 Å². The summed E-state index contributed by atoms with van der Waals surface area (Å²) in [6, 6.07) is -5.78. The molecule has 0 saturated heterocycles. The van der Waals surface area contributed by atoms with Crippen molar-refractivity contribution >= 4 is 29.7 Å². The number of imidazole rings is 2. The summed E-state index contributed by atoms with van der Waals surface area (Å²) in [5.41, 5.74) is 6.98. The van der Waals surface area contributed by atoms with E-state index in [9.17, 15) is 29.1 Å². The standard InChI is InChI=1S/C20H28N8O8/c1-9(29)16(19(34)27-14(20(35)36)4-15(30)31)28-18(33)13(3-11-6-23-8-25-11)26-17(32)12(21)2-10-5-22-7-24-10/h5-9,12-14,16,29H,2-4,21H2,1H3,(H,22,24)(H,23,25)(H,26,32)(H,27,34)(H,28,33)(H,30,31)(H,35,36). The number of carboxylic acids is 2. The van der Waals surface area contributed by atoms with E-state index >= 15 is 0 Å². The number of aliphatic hydroxyl groups excluding tert-OH is 1. The fourth-order valence-electron chi connectivity index (χ4n) is 3.13. The Morgan fingerprint density at radius 2 is 1.44 bits per heavy atom. The lowest BCUT2D eigenvalue weighted by Crippen LogP contribution is -2.60. The van der Waals surface area contributed by atoms with Gasteiger partial charge in [-0.15, -0.1) is 0 Å². The zero-order valence-electron chi connectivity index (χ0n) is 19.2. The predicted octanol–water partition coefficient (Wildman–Crippen LogP) is -3.36. The van der Waals surface area contributed by atoms with Gasteiger partial charge in [-0.2, -0.15) is 0 Å². The smallest absolute Gasteiger partial charge is 0.326 e. The van der Waals surface area contributed by atoms with Crippen molar-refractivity contribution in [2.75, 3.05) is 0 Å². The summed E-state index contributed by atoms with van der Waals surface area (Å²) >= 11 is 0. The Morgan fingerprint density at radius 1 is 0.889 bits per heavy atom. The fourth-order valence-corrected chi connectivity index (χ4v) is 3.13. The molecule has 0 bridgehead atoms. The topological polar surface area (TPSA) is 266 Å². The van der Waals surface area contributed by atoms with Gasteiger partial charge in [-0.05, 0) is 6.92 Å². The molecule has 0 fully saturated rings. The summed E-state index contributed by atoms with van der Waals surface area (Å²) in [5.74, 6) is -5.80. The van der Waals surface area contributed by atoms with Crippen LogP contribution >= 0.6 is 0 Å². The van der Waals surface area contributed by atoms with Crippen LogP contribution in [0.25, 0.3) is 0 Å². The molecule has 5 atom stereocenters. The van der Waals surface area contributed by atoms with Gasteiger partial charge in [0, 0.05) is 36.6 Å². The lowest BCUT2D eigenvalue weighted by Gasteiger charge is -2.26. The molecule has 2 heterocycles. The molecule has 0 radical (unpaired) electrons. The molecule has 0 aliphatic heterocycles. The second kappa shape index (κ2) is 13.0. The highest BCUT2D eigenvalue weighted by Gasteiger charge is 2.33. The lowest BCUT2D eigenvalue weighted by molar-refractivity contribution is -0.148. The number of aromatic nitrogens is 4. The number of hydrogen-bond acceptors (Lipinski definition) is 9. The highest BCUT2D eigenvalue weighted by Crippen LogP contribution is 2.04. The molecular weight excluding hydrogens is 480 g/mol. The normalized spacial score (nSPS) is 15.1. The minimum atomic E-state index is -1.80. The molecule has 10 N–H and O–H groups in total. The summed E-state index contributed by atoms with van der Waals surface area (Å²) in [5, 5.41) is 34.8. The average Bonchev–Trinajstić information content (AvgIpc) is 3.49. The Hall–Kier alpha value is -4.31. The molecule has 0 aromatic carbocycles. The number of hydrogen-bond donors (Lipinski definition) is 9. The minimum Gasteiger partial charge on any atom is -0.481 e. The number of rotatable bonds is 14. The summed E-state index contributed by atoms with van der Waals surface area (Å²) in [7, 11) is 0. The Morgan fingerprint density at radius 3 is 1.92 bits per heavy atom. The van der Waals surface area contributed by atoms with Gasteiger partial charge in [-0.1, -0.05) is 0 Å². The van der Waals surface area contributed by atoms with Crippen molar-refractivity contribution < 1.29 is 39.3 Å². The third-order valence-corrected chi connectivity index (χ3v) is 5.00. The number of carbonyl (C=O) groups excluding carboxylic acids is 3. The molecular formula is C20H28N8O8. The monoisotopic (exact) mass is 508 g/mol. The van der Waals surface area contributed by atoms with E-state index in [0.29, 0.717) is 11.4 Å². The van der Waals surface area contributed by atoms with Crippen molar-refractivity contribution in [3.05, 3.63) is 36.4 Å². The van der Waals surface area contributed by atoms with Crippen LogP contribution in [-0.4, -0.2) is 95.2 Å². The Balaban J connectivity index is 2.14. The summed E-state index contributed by atoms with van der Waals surface area (Å²) < 4.78 is 0. The predicted molar refractivity (Wildman–Crippen MR) is 120 cm³/mol. The van der Waals surface area contributed by atoms with Crippen molar-refractivity contribution in [2.24, 2.45) is 5.73 Å². The van der Waals surface area contributed by atoms with Crippen molar-refractivity contribution in [3.8, 4) is 0 Å². The maximum atomic E-state index is 13.0. The van der Waals surface area contributed by atoms with E-state index in [1.165, 1.54) is 32.0 Å². The van der Waals surface area contributed by atoms with E-state index in [0.717, 1.165) is 0 Å². The number of carboxylic acid groups (broad SMARTS) is 2. The van der Waals surface area contributed by atoms with Crippen molar-refractivity contribution in [2.45, 2.75) is 56.5 Å². The van der Waals surface area contributed by atoms with E-state index in [-0.39, 0.29) is 12.8 Å². The molecule has 2 aromatic rings. The number of H-pyrrole nitrogens is 2. The molecule has 2 aromatic heterocycles. The molecule has 16 nitrogen and oxygen atoms in total. The largest absolute Gasteiger partial charge is 0.481 e. The van der Waals surface area contributed by atoms with Gasteiger partial charge < -0.3 is 47.0 Å². The maximum Gasteiger partial charge on any atom is 0.326 e. The zero-order valence-corrected chi connectivity index (χ0v) is 19.2. The number of amides is 3. The first-order chi connectivity index (χ1) is 17.0. The van der Waals surface area contributed by atoms with Gasteiger partial charge in [0.05, 0.1) is 31.2 Å². The molecule has 0 aliphatic rings. The number of nitrogens with zero attached hydrogens (tertiary/aromatic N) is 2. The first kappa shape index (κ1) is 27.9. The van der Waals surface area contributed by atoms with Crippen molar-refractivity contribution in [3.63, 3.8) is 0 Å². The van der Waals surface area contributed by atoms with Gasteiger partial charge in [0.2, 0.25) is 17.7 Å². The minimum absolute atomic E-state index is 0.0841. The van der Waals surface area contributed by atoms with Gasteiger partial charge >= 0.3 is 11.9 Å². The summed E-state index contributed by atoms with van der Waals surface area (Å²) in [4.78, 5) is 73.7. The van der Waals surface area contributed by atoms with Crippen LogP contribution in [0.4, 0.5) is 0 Å². The molecule has 36 heavy (non-hydrogen) atoms. The SMILES string of the molecule is CC(O)C(NC(=O)C(Cc1cnc[nH]1)NC(=O)C(N)Cc1cnc[nH]1)C(=O)NC(CC(=O)O)C(=O)O. The summed E-state index contributed by atoms with van der Waals surface area (Å²) in [6.07, 6.45) is 3.27. The van der Waals surface area contributed by atoms with E-state index in [1.807, 2.05) is 5.32 Å². The number of aliphatic hydroxyl groups is 1. The van der Waals surface area contributed by atoms with E-state index < -0.39 is 66.4 Å². The number of aromatic amines is 2. The summed E-state index contributed by atoms with van der Waals surface area (Å²) in [6.45, 7) is 1.17. The average molecular weight is 508 g/mol. The van der Waals surface area contributed by atoms with Gasteiger partial charge in [0.1, 0.15) is 18.1 Å². The van der Waals surface area contributed by atoms with E-state index in [2.05, 4.69) is 30.6 Å². The van der Waals surface area contributed by atoms with Gasteiger partial charge in [-0.3, -0.25) is 19.2 Å². The van der Waals surface area contributed by atoms with Crippen LogP contribution in [0.3, 0.4) is 0 Å². The molecule has 2 rings (SSSR count). The van der Waals surface area contributed by atoms with Crippen molar-refractivity contribution in [1.82, 2.24) is 35.9 Å². The van der Waals surface area contributed by atoms with Gasteiger partial charge in [-0.25, -0.2) is 14.8 Å². The molecule has 3 amide bonds. The van der Waals surface area contributed by atoms with Crippen LogP contribution in [0.2, 0.25) is 0 Å². The molecule has 16 heteroatoms. The van der Waals surface area contributed by atoms with Gasteiger partial charge in [0.25, 0.3) is 0 Å². The van der Waals surface area contributed by atoms with Gasteiger partial charge in [0.15, 0.2) is 0 Å². The number of nitrogens with one attached hydrogen (secondary N) is 5. The number of nitrogens with two attached hydrogens (primary N) is 1. The highest BCUT2D eigenvalue weighted by molar-refractivity contribution is 5.95. The first-order valence-corrected chi connectivity index (χ1v) is 10.7. The molecule has 0 spiro atoms. The Labute approximate surface area is 204 Å². The van der Waals surface area contributed by atoms with E-state index in [1.54, 1.807) is 0 Å². The lowest BCUT2D eigenvalue weighted by atomic mass is 10.1. The Kier molecular flexibility index (Phi) is 10.1. The number of aliphatic carboxylic acids is 2. The third kappa shape index (κ3) is 8.48. The molecule has 0 saturated carbocycles. The zero-order chi connectivity index (χ0) is 26.8. The quantitative estimate of drug-likeness (QED) is 0.122. The van der Waals surface area contributed by atoms with E-state index in [4.69, 9.17) is 15.9 Å².